The molecule has 2 amide bonds. The van der Waals surface area contributed by atoms with Crippen LogP contribution >= 0.6 is 0 Å². The molecule has 1 aliphatic rings. The van der Waals surface area contributed by atoms with Crippen LogP contribution < -0.4 is 0 Å². The first kappa shape index (κ1) is 38.3. The first-order valence-corrected chi connectivity index (χ1v) is 16.5. The summed E-state index contributed by atoms with van der Waals surface area (Å²) in [5.41, 5.74) is 0.388. The van der Waals surface area contributed by atoms with Crippen molar-refractivity contribution in [3.8, 4) is 0 Å². The van der Waals surface area contributed by atoms with Crippen LogP contribution in [0.5, 0.6) is 0 Å². The Morgan fingerprint density at radius 2 is 0.833 bits per heavy atom. The molecule has 0 unspecified atom stereocenters. The van der Waals surface area contributed by atoms with Gasteiger partial charge < -0.3 is 28.7 Å². The zero-order chi connectivity index (χ0) is 35.2. The Labute approximate surface area is 284 Å². The van der Waals surface area contributed by atoms with Crippen LogP contribution in [-0.2, 0) is 41.8 Å². The van der Waals surface area contributed by atoms with Crippen molar-refractivity contribution < 1.29 is 38.1 Å². The van der Waals surface area contributed by atoms with Gasteiger partial charge in [0, 0.05) is 52.4 Å². The van der Waals surface area contributed by atoms with E-state index in [0.717, 1.165) is 11.1 Å². The van der Waals surface area contributed by atoms with E-state index in [2.05, 4.69) is 0 Å². The van der Waals surface area contributed by atoms with Crippen molar-refractivity contribution in [2.45, 2.75) is 66.0 Å². The van der Waals surface area contributed by atoms with E-state index in [9.17, 15) is 19.2 Å². The van der Waals surface area contributed by atoms with E-state index in [-0.39, 0.29) is 52.5 Å². The molecular formula is C36H52N4O8. The van der Waals surface area contributed by atoms with Gasteiger partial charge in [-0.15, -0.1) is 0 Å². The van der Waals surface area contributed by atoms with Gasteiger partial charge in [-0.3, -0.25) is 19.4 Å². The van der Waals surface area contributed by atoms with Crippen molar-refractivity contribution in [2.75, 3.05) is 65.4 Å². The van der Waals surface area contributed by atoms with Gasteiger partial charge in [0.1, 0.15) is 24.4 Å². The Bertz CT molecular complexity index is 1190. The largest absolute Gasteiger partial charge is 0.459 e. The van der Waals surface area contributed by atoms with Gasteiger partial charge in [-0.1, -0.05) is 60.7 Å². The molecule has 0 atom stereocenters. The second-order valence-corrected chi connectivity index (χ2v) is 13.8. The molecule has 2 aromatic carbocycles. The molecule has 1 aliphatic heterocycles. The minimum Gasteiger partial charge on any atom is -0.459 e. The second-order valence-electron chi connectivity index (χ2n) is 13.8. The summed E-state index contributed by atoms with van der Waals surface area (Å²) in [7, 11) is 0. The van der Waals surface area contributed by atoms with Crippen LogP contribution in [0, 0.1) is 0 Å². The van der Waals surface area contributed by atoms with Crippen molar-refractivity contribution >= 4 is 24.1 Å². The predicted octanol–water partition coefficient (Wildman–Crippen LogP) is 4.57. The van der Waals surface area contributed by atoms with Crippen LogP contribution in [-0.4, -0.2) is 120 Å². The Morgan fingerprint density at radius 1 is 0.521 bits per heavy atom. The summed E-state index contributed by atoms with van der Waals surface area (Å²) in [6, 6.07) is 18.8. The van der Waals surface area contributed by atoms with Crippen LogP contribution in [0.1, 0.15) is 52.7 Å². The Balaban J connectivity index is 1.80. The van der Waals surface area contributed by atoms with E-state index in [1.165, 1.54) is 0 Å². The highest BCUT2D eigenvalue weighted by Crippen LogP contribution is 2.12. The van der Waals surface area contributed by atoms with Crippen molar-refractivity contribution in [1.82, 2.24) is 19.6 Å². The van der Waals surface area contributed by atoms with Gasteiger partial charge in [0.25, 0.3) is 0 Å². The highest BCUT2D eigenvalue weighted by Gasteiger charge is 2.27. The van der Waals surface area contributed by atoms with Gasteiger partial charge in [-0.25, -0.2) is 9.59 Å². The number of benzene rings is 2. The summed E-state index contributed by atoms with van der Waals surface area (Å²) in [6.45, 7) is 13.3. The zero-order valence-corrected chi connectivity index (χ0v) is 29.3. The van der Waals surface area contributed by atoms with Crippen LogP contribution in [0.25, 0.3) is 0 Å². The highest BCUT2D eigenvalue weighted by atomic mass is 16.6. The third kappa shape index (κ3) is 15.2. The summed E-state index contributed by atoms with van der Waals surface area (Å²) >= 11 is 0. The molecule has 0 saturated carbocycles. The molecule has 0 N–H and O–H groups in total. The second kappa shape index (κ2) is 18.4. The number of esters is 2. The van der Waals surface area contributed by atoms with Crippen molar-refractivity contribution in [2.24, 2.45) is 0 Å². The lowest BCUT2D eigenvalue weighted by atomic mass is 10.2. The van der Waals surface area contributed by atoms with Crippen LogP contribution in [0.15, 0.2) is 60.7 Å². The summed E-state index contributed by atoms with van der Waals surface area (Å²) in [4.78, 5) is 59.4. The maximum absolute atomic E-state index is 13.4. The first-order chi connectivity index (χ1) is 22.7. The van der Waals surface area contributed by atoms with E-state index in [4.69, 9.17) is 18.9 Å². The minimum atomic E-state index is -0.665. The van der Waals surface area contributed by atoms with E-state index in [1.54, 1.807) is 51.3 Å². The standard InChI is InChI=1S/C36H52N4O8/c1-35(2,3)47-31(41)25-37-17-21-39(33(43)45-27-29-13-9-7-10-14-29)23-19-38(26-32(42)48-36(4,5)6)20-24-40(22-18-37)34(44)46-28-30-15-11-8-12-16-30/h7-16H,17-28H2,1-6H3. The molecule has 0 radical (unpaired) electrons. The number of amides is 2. The lowest BCUT2D eigenvalue weighted by molar-refractivity contribution is -0.157. The smallest absolute Gasteiger partial charge is 0.410 e. The number of hydrogen-bond acceptors (Lipinski definition) is 10. The fourth-order valence-corrected chi connectivity index (χ4v) is 4.91. The molecule has 264 valence electrons. The number of carbonyl (C=O) groups is 4. The number of nitrogens with zero attached hydrogens (tertiary/aromatic N) is 4. The molecule has 1 fully saturated rings. The average molecular weight is 669 g/mol. The summed E-state index contributed by atoms with van der Waals surface area (Å²) in [5.74, 6) is -0.816. The van der Waals surface area contributed by atoms with E-state index < -0.39 is 35.3 Å². The van der Waals surface area contributed by atoms with E-state index >= 15 is 0 Å². The molecule has 0 bridgehead atoms. The summed E-state index contributed by atoms with van der Waals surface area (Å²) < 4.78 is 22.5. The number of carbonyl (C=O) groups excluding carboxylic acids is 4. The highest BCUT2D eigenvalue weighted by molar-refractivity contribution is 5.73. The third-order valence-corrected chi connectivity index (χ3v) is 7.22. The Morgan fingerprint density at radius 3 is 1.12 bits per heavy atom. The molecule has 48 heavy (non-hydrogen) atoms. The first-order valence-electron chi connectivity index (χ1n) is 16.5. The molecule has 0 aromatic heterocycles. The van der Waals surface area contributed by atoms with Gasteiger partial charge in [0.05, 0.1) is 13.1 Å². The maximum Gasteiger partial charge on any atom is 0.410 e. The molecule has 0 spiro atoms. The Kier molecular flexibility index (Phi) is 14.7. The minimum absolute atomic E-state index is 0.0259. The number of hydrogen-bond donors (Lipinski definition) is 0. The van der Waals surface area contributed by atoms with Crippen LogP contribution in [0.2, 0.25) is 0 Å². The molecule has 1 heterocycles. The van der Waals surface area contributed by atoms with Crippen molar-refractivity contribution in [3.05, 3.63) is 71.8 Å². The lowest BCUT2D eigenvalue weighted by Crippen LogP contribution is -2.50. The van der Waals surface area contributed by atoms with Crippen molar-refractivity contribution in [3.63, 3.8) is 0 Å². The normalized spacial score (nSPS) is 15.9. The quantitative estimate of drug-likeness (QED) is 0.293. The van der Waals surface area contributed by atoms with Gasteiger partial charge >= 0.3 is 24.1 Å². The molecule has 2 aromatic rings. The summed E-state index contributed by atoms with van der Waals surface area (Å²) in [5, 5.41) is 0. The Hall–Kier alpha value is -4.16. The molecule has 3 rings (SSSR count). The average Bonchev–Trinajstić information content (AvgIpc) is 3.00. The van der Waals surface area contributed by atoms with E-state index in [1.807, 2.05) is 70.5 Å². The maximum atomic E-state index is 13.4. The van der Waals surface area contributed by atoms with Crippen LogP contribution in [0.3, 0.4) is 0 Å². The van der Waals surface area contributed by atoms with Gasteiger partial charge in [-0.05, 0) is 52.7 Å². The zero-order valence-electron chi connectivity index (χ0n) is 29.3. The van der Waals surface area contributed by atoms with Gasteiger partial charge in [-0.2, -0.15) is 0 Å². The predicted molar refractivity (Wildman–Crippen MR) is 181 cm³/mol. The van der Waals surface area contributed by atoms with Gasteiger partial charge in [0.2, 0.25) is 0 Å². The summed E-state index contributed by atoms with van der Waals surface area (Å²) in [6.07, 6.45) is -1.01. The SMILES string of the molecule is CC(C)(C)OC(=O)CN1CCN(C(=O)OCc2ccccc2)CCN(CC(=O)OC(C)(C)C)CCN(C(=O)OCc2ccccc2)CC1. The lowest BCUT2D eigenvalue weighted by Gasteiger charge is -2.34. The molecule has 1 saturated heterocycles. The molecule has 12 heteroatoms. The fraction of sp³-hybridized carbons (Fsp3) is 0.556. The van der Waals surface area contributed by atoms with E-state index in [0.29, 0.717) is 26.2 Å². The molecule has 0 aliphatic carbocycles. The fourth-order valence-electron chi connectivity index (χ4n) is 4.91. The number of ether oxygens (including phenoxy) is 4. The molecular weight excluding hydrogens is 616 g/mol. The topological polar surface area (TPSA) is 118 Å². The third-order valence-electron chi connectivity index (χ3n) is 7.22. The van der Waals surface area contributed by atoms with Crippen LogP contribution in [0.4, 0.5) is 9.59 Å². The monoisotopic (exact) mass is 668 g/mol. The van der Waals surface area contributed by atoms with Gasteiger partial charge in [0.15, 0.2) is 0 Å². The van der Waals surface area contributed by atoms with Crippen molar-refractivity contribution in [1.29, 1.82) is 0 Å². The molecule has 12 nitrogen and oxygen atoms in total. The number of rotatable bonds is 8.